The molecule has 0 saturated heterocycles. The summed E-state index contributed by atoms with van der Waals surface area (Å²) in [6.07, 6.45) is 2.46. The van der Waals surface area contributed by atoms with E-state index in [4.69, 9.17) is 4.42 Å². The Labute approximate surface area is 132 Å². The fourth-order valence-corrected chi connectivity index (χ4v) is 2.78. The molecule has 0 amide bonds. The fraction of sp³-hybridized carbons (Fsp3) is 0.278. The van der Waals surface area contributed by atoms with Crippen molar-refractivity contribution >= 4 is 17.3 Å². The lowest BCUT2D eigenvalue weighted by Gasteiger charge is -2.16. The highest BCUT2D eigenvalue weighted by molar-refractivity contribution is 6.28. The van der Waals surface area contributed by atoms with Gasteiger partial charge in [-0.15, -0.1) is 0 Å². The number of phenolic OH excluding ortho intramolecular Hbond substituents is 1. The van der Waals surface area contributed by atoms with E-state index in [1.807, 2.05) is 6.92 Å². The van der Waals surface area contributed by atoms with Crippen LogP contribution in [0.1, 0.15) is 74.8 Å². The predicted octanol–water partition coefficient (Wildman–Crippen LogP) is 3.31. The number of benzene rings is 1. The first-order chi connectivity index (χ1) is 11.0. The quantitative estimate of drug-likeness (QED) is 0.747. The van der Waals surface area contributed by atoms with Gasteiger partial charge in [-0.1, -0.05) is 19.4 Å². The second-order valence-corrected chi connectivity index (χ2v) is 5.67. The van der Waals surface area contributed by atoms with E-state index in [1.54, 1.807) is 12.1 Å². The first kappa shape index (κ1) is 15.2. The molecule has 0 radical (unpaired) electrons. The summed E-state index contributed by atoms with van der Waals surface area (Å²) in [6.45, 7) is 3.33. The van der Waals surface area contributed by atoms with Gasteiger partial charge < -0.3 is 9.52 Å². The molecule has 2 aromatic rings. The monoisotopic (exact) mass is 312 g/mol. The largest absolute Gasteiger partial charge is 0.507 e. The molecule has 1 aliphatic carbocycles. The minimum absolute atomic E-state index is 0.00649. The average Bonchev–Trinajstić information content (AvgIpc) is 2.97. The number of carbonyl (C=O) groups excluding carboxylic acids is 3. The molecule has 5 heteroatoms. The molecular weight excluding hydrogens is 296 g/mol. The van der Waals surface area contributed by atoms with Crippen molar-refractivity contribution < 1.29 is 23.9 Å². The zero-order valence-electron chi connectivity index (χ0n) is 12.9. The number of carbonyl (C=O) groups is 3. The molecule has 0 bridgehead atoms. The number of furan rings is 1. The van der Waals surface area contributed by atoms with E-state index in [2.05, 4.69) is 0 Å². The van der Waals surface area contributed by atoms with Crippen molar-refractivity contribution in [2.45, 2.75) is 33.1 Å². The Hall–Kier alpha value is -2.69. The maximum Gasteiger partial charge on any atom is 0.229 e. The van der Waals surface area contributed by atoms with Crippen molar-refractivity contribution in [3.63, 3.8) is 0 Å². The second-order valence-electron chi connectivity index (χ2n) is 5.67. The molecule has 0 unspecified atom stereocenters. The van der Waals surface area contributed by atoms with Gasteiger partial charge in [0.1, 0.15) is 5.75 Å². The van der Waals surface area contributed by atoms with Gasteiger partial charge in [0.25, 0.3) is 0 Å². The summed E-state index contributed by atoms with van der Waals surface area (Å²) >= 11 is 0. The highest BCUT2D eigenvalue weighted by Gasteiger charge is 2.36. The molecule has 0 saturated carbocycles. The molecule has 1 aromatic carbocycles. The van der Waals surface area contributed by atoms with Gasteiger partial charge in [0.05, 0.1) is 11.1 Å². The number of rotatable bonds is 4. The van der Waals surface area contributed by atoms with Gasteiger partial charge in [-0.25, -0.2) is 0 Å². The van der Waals surface area contributed by atoms with Gasteiger partial charge in [-0.3, -0.25) is 14.4 Å². The number of hydrogen-bond donors (Lipinski definition) is 1. The van der Waals surface area contributed by atoms with Crippen LogP contribution in [0.15, 0.2) is 22.6 Å². The van der Waals surface area contributed by atoms with Crippen molar-refractivity contribution in [2.75, 3.05) is 0 Å². The summed E-state index contributed by atoms with van der Waals surface area (Å²) in [5, 5.41) is 10.4. The van der Waals surface area contributed by atoms with Crippen LogP contribution in [-0.4, -0.2) is 22.5 Å². The molecule has 1 heterocycles. The summed E-state index contributed by atoms with van der Waals surface area (Å²) in [5.41, 5.74) is 0.804. The number of aryl methyl sites for hydroxylation is 1. The first-order valence-corrected chi connectivity index (χ1v) is 7.54. The van der Waals surface area contributed by atoms with Crippen LogP contribution in [0.4, 0.5) is 0 Å². The Morgan fingerprint density at radius 1 is 1.17 bits per heavy atom. The molecular formula is C18H16O5. The van der Waals surface area contributed by atoms with Crippen LogP contribution in [0.3, 0.4) is 0 Å². The van der Waals surface area contributed by atoms with Crippen LogP contribution in [0.2, 0.25) is 0 Å². The summed E-state index contributed by atoms with van der Waals surface area (Å²) in [6, 6.07) is 4.48. The average molecular weight is 312 g/mol. The maximum atomic E-state index is 12.7. The minimum atomic E-state index is -0.487. The third-order valence-electron chi connectivity index (χ3n) is 4.06. The Morgan fingerprint density at radius 3 is 2.57 bits per heavy atom. The molecule has 0 atom stereocenters. The van der Waals surface area contributed by atoms with Crippen LogP contribution >= 0.6 is 0 Å². The van der Waals surface area contributed by atoms with Crippen LogP contribution in [0.5, 0.6) is 5.75 Å². The highest BCUT2D eigenvalue weighted by Crippen LogP contribution is 2.36. The van der Waals surface area contributed by atoms with Gasteiger partial charge in [-0.2, -0.15) is 0 Å². The third kappa shape index (κ3) is 2.29. The van der Waals surface area contributed by atoms with Gasteiger partial charge in [0.15, 0.2) is 17.3 Å². The molecule has 118 valence electrons. The SMILES string of the molecule is CCCCc1ccc2c(c1O)C(=O)c1cc(C(C)=O)oc1C2=O. The number of Topliss-reactive ketones (excluding diaryl/α,β-unsaturated/α-hetero) is 1. The van der Waals surface area contributed by atoms with E-state index in [-0.39, 0.29) is 39.7 Å². The Morgan fingerprint density at radius 2 is 1.91 bits per heavy atom. The maximum absolute atomic E-state index is 12.7. The number of hydrogen-bond acceptors (Lipinski definition) is 5. The molecule has 23 heavy (non-hydrogen) atoms. The van der Waals surface area contributed by atoms with Gasteiger partial charge >= 0.3 is 0 Å². The summed E-state index contributed by atoms with van der Waals surface area (Å²) in [4.78, 5) is 36.6. The van der Waals surface area contributed by atoms with E-state index < -0.39 is 11.6 Å². The molecule has 0 fully saturated rings. The smallest absolute Gasteiger partial charge is 0.229 e. The van der Waals surface area contributed by atoms with Crippen molar-refractivity contribution in [1.29, 1.82) is 0 Å². The van der Waals surface area contributed by atoms with E-state index in [1.165, 1.54) is 13.0 Å². The molecule has 5 nitrogen and oxygen atoms in total. The van der Waals surface area contributed by atoms with Crippen molar-refractivity contribution in [3.05, 3.63) is 52.0 Å². The van der Waals surface area contributed by atoms with E-state index in [0.717, 1.165) is 12.8 Å². The van der Waals surface area contributed by atoms with Gasteiger partial charge in [-0.05, 0) is 30.5 Å². The van der Waals surface area contributed by atoms with Gasteiger partial charge in [0, 0.05) is 12.5 Å². The zero-order valence-corrected chi connectivity index (χ0v) is 12.9. The van der Waals surface area contributed by atoms with E-state index in [9.17, 15) is 19.5 Å². The van der Waals surface area contributed by atoms with Gasteiger partial charge in [0.2, 0.25) is 11.6 Å². The van der Waals surface area contributed by atoms with E-state index in [0.29, 0.717) is 12.0 Å². The van der Waals surface area contributed by atoms with Crippen LogP contribution in [-0.2, 0) is 6.42 Å². The summed E-state index contributed by atoms with van der Waals surface area (Å²) in [7, 11) is 0. The molecule has 3 rings (SSSR count). The molecule has 1 aliphatic rings. The van der Waals surface area contributed by atoms with Crippen molar-refractivity contribution in [3.8, 4) is 5.75 Å². The number of aromatic hydroxyl groups is 1. The number of fused-ring (bicyclic) bond motifs is 2. The van der Waals surface area contributed by atoms with Crippen molar-refractivity contribution in [1.82, 2.24) is 0 Å². The number of unbranched alkanes of at least 4 members (excludes halogenated alkanes) is 1. The third-order valence-corrected chi connectivity index (χ3v) is 4.06. The topological polar surface area (TPSA) is 84.6 Å². The Kier molecular flexibility index (Phi) is 3.64. The molecule has 0 spiro atoms. The second kappa shape index (κ2) is 5.50. The standard InChI is InChI=1S/C18H16O5/c1-3-4-5-10-6-7-11-14(15(10)20)16(21)12-8-13(9(2)19)23-18(12)17(11)22/h6-8,20H,3-5H2,1-2H3. The number of ketones is 3. The molecule has 0 aliphatic heterocycles. The van der Waals surface area contributed by atoms with E-state index >= 15 is 0 Å². The lowest BCUT2D eigenvalue weighted by molar-refractivity contribution is 0.0945. The first-order valence-electron chi connectivity index (χ1n) is 7.54. The minimum Gasteiger partial charge on any atom is -0.507 e. The van der Waals surface area contributed by atoms with Crippen LogP contribution in [0.25, 0.3) is 0 Å². The highest BCUT2D eigenvalue weighted by atomic mass is 16.4. The fourth-order valence-electron chi connectivity index (χ4n) is 2.78. The summed E-state index contributed by atoms with van der Waals surface area (Å²) < 4.78 is 5.24. The lowest BCUT2D eigenvalue weighted by atomic mass is 9.85. The Balaban J connectivity index is 2.15. The zero-order chi connectivity index (χ0) is 16.7. The molecule has 1 aromatic heterocycles. The number of phenols is 1. The van der Waals surface area contributed by atoms with Crippen molar-refractivity contribution in [2.24, 2.45) is 0 Å². The Bertz CT molecular complexity index is 841. The molecule has 1 N–H and O–H groups in total. The predicted molar refractivity (Wildman–Crippen MR) is 82.3 cm³/mol. The lowest BCUT2D eigenvalue weighted by Crippen LogP contribution is -2.19. The normalized spacial score (nSPS) is 13.0. The summed E-state index contributed by atoms with van der Waals surface area (Å²) in [5.74, 6) is -1.65. The van der Waals surface area contributed by atoms with Crippen LogP contribution in [0, 0.1) is 0 Å². The van der Waals surface area contributed by atoms with Crippen LogP contribution < -0.4 is 0 Å².